The van der Waals surface area contributed by atoms with Crippen LogP contribution in [0.15, 0.2) is 35.5 Å². The molecule has 114 valence electrons. The molecule has 1 unspecified atom stereocenters. The van der Waals surface area contributed by atoms with Crippen LogP contribution >= 0.6 is 11.6 Å². The van der Waals surface area contributed by atoms with Gasteiger partial charge < -0.3 is 10.7 Å². The maximum Gasteiger partial charge on any atom is 0.268 e. The lowest BCUT2D eigenvalue weighted by molar-refractivity contribution is 0.581. The number of imidazole rings is 1. The molecule has 0 aliphatic carbocycles. The molecule has 0 aliphatic rings. The van der Waals surface area contributed by atoms with Crippen LogP contribution in [0.2, 0.25) is 5.02 Å². The van der Waals surface area contributed by atoms with Crippen molar-refractivity contribution in [3.63, 3.8) is 0 Å². The van der Waals surface area contributed by atoms with E-state index in [1.54, 1.807) is 24.4 Å². The molecule has 22 heavy (non-hydrogen) atoms. The van der Waals surface area contributed by atoms with E-state index < -0.39 is 0 Å². The predicted molar refractivity (Wildman–Crippen MR) is 86.3 cm³/mol. The molecule has 3 aromatic rings. The van der Waals surface area contributed by atoms with Crippen molar-refractivity contribution in [2.75, 3.05) is 0 Å². The van der Waals surface area contributed by atoms with Crippen molar-refractivity contribution in [1.29, 1.82) is 0 Å². The Morgan fingerprint density at radius 2 is 2.27 bits per heavy atom. The molecule has 0 fully saturated rings. The first-order valence-electron chi connectivity index (χ1n) is 7.09. The Hall–Kier alpha value is -2.18. The van der Waals surface area contributed by atoms with Gasteiger partial charge in [-0.3, -0.25) is 4.79 Å². The summed E-state index contributed by atoms with van der Waals surface area (Å²) < 4.78 is 1.46. The molecular formula is C15H16ClN5O. The first kappa shape index (κ1) is 14.7. The quantitative estimate of drug-likeness (QED) is 0.774. The number of nitrogens with one attached hydrogen (secondary N) is 1. The standard InChI is InChI=1S/C15H16ClN5O/c1-2-4-10(17)14-20-11-6-3-5-9(16)13(11)15(22)21(14)12-7-18-8-19-12/h3,5-8,10H,2,4,17H2,1H3,(H,18,19). The zero-order valence-corrected chi connectivity index (χ0v) is 12.8. The molecule has 3 rings (SSSR count). The maximum atomic E-state index is 12.9. The minimum Gasteiger partial charge on any atom is -0.331 e. The van der Waals surface area contributed by atoms with Gasteiger partial charge in [-0.25, -0.2) is 14.5 Å². The maximum absolute atomic E-state index is 12.9. The molecule has 1 atom stereocenters. The first-order valence-corrected chi connectivity index (χ1v) is 7.46. The fourth-order valence-electron chi connectivity index (χ4n) is 2.50. The number of hydrogen-bond donors (Lipinski definition) is 2. The molecule has 0 aliphatic heterocycles. The van der Waals surface area contributed by atoms with Crippen LogP contribution in [0.5, 0.6) is 0 Å². The zero-order chi connectivity index (χ0) is 15.7. The SMILES string of the molecule is CCCC(N)c1nc2cccc(Cl)c2c(=O)n1-c1cnc[nH]1. The number of benzene rings is 1. The molecule has 0 bridgehead atoms. The zero-order valence-electron chi connectivity index (χ0n) is 12.1. The van der Waals surface area contributed by atoms with E-state index in [4.69, 9.17) is 17.3 Å². The van der Waals surface area contributed by atoms with Crippen molar-refractivity contribution in [3.05, 3.63) is 51.9 Å². The molecular weight excluding hydrogens is 302 g/mol. The van der Waals surface area contributed by atoms with Gasteiger partial charge in [-0.15, -0.1) is 0 Å². The Morgan fingerprint density at radius 1 is 1.45 bits per heavy atom. The average Bonchev–Trinajstić information content (AvgIpc) is 3.01. The van der Waals surface area contributed by atoms with Crippen LogP contribution in [0.3, 0.4) is 0 Å². The molecule has 0 amide bonds. The van der Waals surface area contributed by atoms with E-state index in [0.717, 1.165) is 12.8 Å². The number of aromatic amines is 1. The van der Waals surface area contributed by atoms with Crippen LogP contribution in [0.4, 0.5) is 0 Å². The molecule has 7 heteroatoms. The molecule has 0 saturated carbocycles. The lowest BCUT2D eigenvalue weighted by Crippen LogP contribution is -2.29. The number of fused-ring (bicyclic) bond motifs is 1. The van der Waals surface area contributed by atoms with Crippen molar-refractivity contribution in [2.45, 2.75) is 25.8 Å². The number of H-pyrrole nitrogens is 1. The minimum atomic E-state index is -0.343. The van der Waals surface area contributed by atoms with E-state index in [0.29, 0.717) is 27.6 Å². The normalized spacial score (nSPS) is 12.7. The summed E-state index contributed by atoms with van der Waals surface area (Å²) in [6.07, 6.45) is 4.70. The second-order valence-corrected chi connectivity index (χ2v) is 5.48. The van der Waals surface area contributed by atoms with E-state index in [9.17, 15) is 4.79 Å². The Kier molecular flexibility index (Phi) is 3.96. The lowest BCUT2D eigenvalue weighted by atomic mass is 10.1. The van der Waals surface area contributed by atoms with Gasteiger partial charge in [0.2, 0.25) is 0 Å². The van der Waals surface area contributed by atoms with Crippen molar-refractivity contribution < 1.29 is 0 Å². The summed E-state index contributed by atoms with van der Waals surface area (Å²) in [5, 5.41) is 0.755. The van der Waals surface area contributed by atoms with Gasteiger partial charge in [0.25, 0.3) is 5.56 Å². The van der Waals surface area contributed by atoms with Crippen LogP contribution < -0.4 is 11.3 Å². The topological polar surface area (TPSA) is 89.6 Å². The summed E-state index contributed by atoms with van der Waals surface area (Å²) in [5.41, 5.74) is 6.52. The average molecular weight is 318 g/mol. The monoisotopic (exact) mass is 317 g/mol. The molecule has 0 saturated heterocycles. The predicted octanol–water partition coefficient (Wildman–Crippen LogP) is 2.56. The van der Waals surface area contributed by atoms with Crippen molar-refractivity contribution in [3.8, 4) is 5.82 Å². The fraction of sp³-hybridized carbons (Fsp3) is 0.267. The number of halogens is 1. The van der Waals surface area contributed by atoms with E-state index in [-0.39, 0.29) is 11.6 Å². The Morgan fingerprint density at radius 3 is 2.95 bits per heavy atom. The largest absolute Gasteiger partial charge is 0.331 e. The summed E-state index contributed by atoms with van der Waals surface area (Å²) in [7, 11) is 0. The van der Waals surface area contributed by atoms with Crippen LogP contribution in [0.1, 0.15) is 31.6 Å². The second kappa shape index (κ2) is 5.90. The van der Waals surface area contributed by atoms with Crippen LogP contribution in [-0.4, -0.2) is 19.5 Å². The number of nitrogens with zero attached hydrogens (tertiary/aromatic N) is 3. The van der Waals surface area contributed by atoms with Gasteiger partial charge in [-0.2, -0.15) is 0 Å². The van der Waals surface area contributed by atoms with E-state index in [1.807, 2.05) is 6.92 Å². The summed E-state index contributed by atoms with van der Waals surface area (Å²) in [6, 6.07) is 4.87. The molecule has 1 aromatic carbocycles. The summed E-state index contributed by atoms with van der Waals surface area (Å²) >= 11 is 6.18. The van der Waals surface area contributed by atoms with Gasteiger partial charge in [0.05, 0.1) is 34.5 Å². The minimum absolute atomic E-state index is 0.249. The van der Waals surface area contributed by atoms with Gasteiger partial charge in [-0.05, 0) is 18.6 Å². The van der Waals surface area contributed by atoms with E-state index >= 15 is 0 Å². The smallest absolute Gasteiger partial charge is 0.268 e. The van der Waals surface area contributed by atoms with Gasteiger partial charge in [0.1, 0.15) is 11.6 Å². The summed E-state index contributed by atoms with van der Waals surface area (Å²) in [5.74, 6) is 1.03. The van der Waals surface area contributed by atoms with Crippen molar-refractivity contribution >= 4 is 22.5 Å². The van der Waals surface area contributed by atoms with Crippen molar-refractivity contribution in [2.24, 2.45) is 5.73 Å². The highest BCUT2D eigenvalue weighted by Crippen LogP contribution is 2.22. The van der Waals surface area contributed by atoms with Crippen LogP contribution in [0.25, 0.3) is 16.7 Å². The molecule has 3 N–H and O–H groups in total. The van der Waals surface area contributed by atoms with Gasteiger partial charge >= 0.3 is 0 Å². The molecule has 0 spiro atoms. The van der Waals surface area contributed by atoms with E-state index in [1.165, 1.54) is 10.9 Å². The second-order valence-electron chi connectivity index (χ2n) is 5.08. The third-order valence-corrected chi connectivity index (χ3v) is 3.84. The third-order valence-electron chi connectivity index (χ3n) is 3.53. The Balaban J connectivity index is 2.38. The van der Waals surface area contributed by atoms with Crippen LogP contribution in [-0.2, 0) is 0 Å². The van der Waals surface area contributed by atoms with E-state index in [2.05, 4.69) is 15.0 Å². The number of nitrogens with two attached hydrogens (primary N) is 1. The van der Waals surface area contributed by atoms with Crippen LogP contribution in [0, 0.1) is 0 Å². The number of aromatic nitrogens is 4. The number of hydrogen-bond acceptors (Lipinski definition) is 4. The highest BCUT2D eigenvalue weighted by Gasteiger charge is 2.19. The lowest BCUT2D eigenvalue weighted by Gasteiger charge is -2.17. The van der Waals surface area contributed by atoms with Gasteiger partial charge in [-0.1, -0.05) is 31.0 Å². The number of rotatable bonds is 4. The van der Waals surface area contributed by atoms with Gasteiger partial charge in [0, 0.05) is 0 Å². The summed E-state index contributed by atoms with van der Waals surface area (Å²) in [6.45, 7) is 2.04. The first-order chi connectivity index (χ1) is 10.6. The third kappa shape index (κ3) is 2.40. The molecule has 2 aromatic heterocycles. The molecule has 6 nitrogen and oxygen atoms in total. The summed E-state index contributed by atoms with van der Waals surface area (Å²) in [4.78, 5) is 24.4. The Bertz CT molecular complexity index is 856. The molecule has 2 heterocycles. The Labute approximate surface area is 132 Å². The molecule has 0 radical (unpaired) electrons. The highest BCUT2D eigenvalue weighted by atomic mass is 35.5. The fourth-order valence-corrected chi connectivity index (χ4v) is 2.75. The highest BCUT2D eigenvalue weighted by molar-refractivity contribution is 6.35. The van der Waals surface area contributed by atoms with Gasteiger partial charge in [0.15, 0.2) is 0 Å². The van der Waals surface area contributed by atoms with Crippen molar-refractivity contribution in [1.82, 2.24) is 19.5 Å².